The van der Waals surface area contributed by atoms with Gasteiger partial charge >= 0.3 is 0 Å². The van der Waals surface area contributed by atoms with Crippen LogP contribution in [0.3, 0.4) is 0 Å². The molecule has 0 saturated carbocycles. The molecule has 0 bridgehead atoms. The molecule has 1 aromatic heterocycles. The maximum absolute atomic E-state index is 13.2. The molecule has 1 atom stereocenters. The molecule has 1 heterocycles. The highest BCUT2D eigenvalue weighted by Crippen LogP contribution is 2.21. The highest BCUT2D eigenvalue weighted by molar-refractivity contribution is 6.08. The second-order valence-corrected chi connectivity index (χ2v) is 10.0. The molecule has 2 aromatic carbocycles. The van der Waals surface area contributed by atoms with Crippen LogP contribution in [0.4, 0.5) is 28.8 Å². The van der Waals surface area contributed by atoms with E-state index in [1.54, 1.807) is 68.6 Å². The first-order chi connectivity index (χ1) is 20.6. The number of benzene rings is 2. The van der Waals surface area contributed by atoms with Crippen LogP contribution in [0, 0.1) is 11.3 Å². The molecule has 12 nitrogen and oxygen atoms in total. The van der Waals surface area contributed by atoms with E-state index in [4.69, 9.17) is 5.26 Å². The van der Waals surface area contributed by atoms with Crippen molar-refractivity contribution < 1.29 is 14.4 Å². The first-order valence-corrected chi connectivity index (χ1v) is 13.8. The minimum absolute atomic E-state index is 0.240. The number of rotatable bonds is 13. The molecule has 0 saturated heterocycles. The minimum Gasteiger partial charge on any atom is -0.369 e. The lowest BCUT2D eigenvalue weighted by molar-refractivity contribution is -0.132. The van der Waals surface area contributed by atoms with Crippen molar-refractivity contribution in [3.8, 4) is 6.07 Å². The van der Waals surface area contributed by atoms with Crippen molar-refractivity contribution in [1.29, 1.82) is 5.26 Å². The number of hydrogen-bond donors (Lipinski definition) is 4. The summed E-state index contributed by atoms with van der Waals surface area (Å²) in [5.41, 5.74) is 2.38. The van der Waals surface area contributed by atoms with Gasteiger partial charge in [-0.1, -0.05) is 19.1 Å². The largest absolute Gasteiger partial charge is 0.369 e. The molecule has 0 aliphatic rings. The molecular weight excluding hydrogens is 546 g/mol. The molecule has 43 heavy (non-hydrogen) atoms. The summed E-state index contributed by atoms with van der Waals surface area (Å²) in [6, 6.07) is 14.9. The Hall–Kier alpha value is -5.28. The topological polar surface area (TPSA) is 155 Å². The molecule has 0 spiro atoms. The summed E-state index contributed by atoms with van der Waals surface area (Å²) in [5, 5.41) is 20.9. The van der Waals surface area contributed by atoms with Gasteiger partial charge in [-0.15, -0.1) is 0 Å². The van der Waals surface area contributed by atoms with Gasteiger partial charge in [-0.2, -0.15) is 10.2 Å². The highest BCUT2D eigenvalue weighted by Gasteiger charge is 2.21. The number of carbonyl (C=O) groups excluding carboxylic acids is 3. The standard InChI is InChI=1S/C31H37N9O3/c1-6-16-33-28-26(20-34-31(38-28)37-23-14-12-22(19-32)13-15-23)30(43)36-25-10-7-9-24(18-25)35-29(42)21(2)40(5)27(41)11-8-17-39(3)4/h7-15,18,20-21H,6,16-17H2,1-5H3,(H,35,42)(H,36,43)(H2,33,34,37,38)/t21-/m0/s1. The van der Waals surface area contributed by atoms with Crippen molar-refractivity contribution in [3.63, 3.8) is 0 Å². The molecule has 0 aliphatic heterocycles. The number of anilines is 5. The number of nitrogens with zero attached hydrogens (tertiary/aromatic N) is 5. The molecule has 3 rings (SSSR count). The number of nitriles is 1. The summed E-state index contributed by atoms with van der Waals surface area (Å²) in [5.74, 6) is -0.440. The van der Waals surface area contributed by atoms with E-state index < -0.39 is 11.9 Å². The van der Waals surface area contributed by atoms with E-state index in [0.29, 0.717) is 41.5 Å². The quantitative estimate of drug-likeness (QED) is 0.218. The smallest absolute Gasteiger partial charge is 0.260 e. The summed E-state index contributed by atoms with van der Waals surface area (Å²) in [6.45, 7) is 4.85. The summed E-state index contributed by atoms with van der Waals surface area (Å²) in [4.78, 5) is 50.6. The number of hydrogen-bond acceptors (Lipinski definition) is 9. The Labute approximate surface area is 251 Å². The van der Waals surface area contributed by atoms with Crippen LogP contribution in [0.15, 0.2) is 66.9 Å². The Kier molecular flexibility index (Phi) is 11.7. The van der Waals surface area contributed by atoms with Crippen LogP contribution in [0.25, 0.3) is 0 Å². The van der Waals surface area contributed by atoms with Gasteiger partial charge in [0.2, 0.25) is 17.8 Å². The Morgan fingerprint density at radius 3 is 2.37 bits per heavy atom. The fourth-order valence-corrected chi connectivity index (χ4v) is 3.71. The fourth-order valence-electron chi connectivity index (χ4n) is 3.71. The molecule has 0 radical (unpaired) electrons. The number of aromatic nitrogens is 2. The Balaban J connectivity index is 1.69. The van der Waals surface area contributed by atoms with Crippen molar-refractivity contribution in [2.45, 2.75) is 26.3 Å². The van der Waals surface area contributed by atoms with Crippen LogP contribution in [0.2, 0.25) is 0 Å². The fraction of sp³-hybridized carbons (Fsp3) is 0.290. The van der Waals surface area contributed by atoms with Crippen LogP contribution < -0.4 is 21.3 Å². The molecule has 0 fully saturated rings. The van der Waals surface area contributed by atoms with Gasteiger partial charge in [0.05, 0.1) is 11.6 Å². The maximum Gasteiger partial charge on any atom is 0.260 e. The van der Waals surface area contributed by atoms with Crippen molar-refractivity contribution >= 4 is 46.5 Å². The maximum atomic E-state index is 13.2. The molecule has 4 N–H and O–H groups in total. The lowest BCUT2D eigenvalue weighted by Crippen LogP contribution is -2.42. The third kappa shape index (κ3) is 9.65. The first kappa shape index (κ1) is 32.2. The predicted octanol–water partition coefficient (Wildman–Crippen LogP) is 4.07. The average molecular weight is 584 g/mol. The van der Waals surface area contributed by atoms with E-state index in [1.807, 2.05) is 25.9 Å². The summed E-state index contributed by atoms with van der Waals surface area (Å²) in [6.07, 6.45) is 5.43. The van der Waals surface area contributed by atoms with Crippen LogP contribution in [-0.4, -0.2) is 77.8 Å². The lowest BCUT2D eigenvalue weighted by atomic mass is 10.2. The Morgan fingerprint density at radius 2 is 1.72 bits per heavy atom. The van der Waals surface area contributed by atoms with Crippen LogP contribution in [-0.2, 0) is 9.59 Å². The second-order valence-electron chi connectivity index (χ2n) is 10.0. The lowest BCUT2D eigenvalue weighted by Gasteiger charge is -2.23. The van der Waals surface area contributed by atoms with Gasteiger partial charge in [0.25, 0.3) is 5.91 Å². The number of amides is 3. The van der Waals surface area contributed by atoms with E-state index in [0.717, 1.165) is 6.42 Å². The zero-order chi connectivity index (χ0) is 31.4. The van der Waals surface area contributed by atoms with Gasteiger partial charge < -0.3 is 31.1 Å². The highest BCUT2D eigenvalue weighted by atomic mass is 16.2. The van der Waals surface area contributed by atoms with Gasteiger partial charge in [-0.05, 0) is 69.9 Å². The van der Waals surface area contributed by atoms with E-state index in [1.165, 1.54) is 17.2 Å². The van der Waals surface area contributed by atoms with Crippen molar-refractivity contribution in [1.82, 2.24) is 19.8 Å². The predicted molar refractivity (Wildman–Crippen MR) is 168 cm³/mol. The molecule has 0 unspecified atom stereocenters. The molecule has 0 aliphatic carbocycles. The van der Waals surface area contributed by atoms with Gasteiger partial charge in [0, 0.05) is 49.5 Å². The molecule has 3 amide bonds. The molecule has 12 heteroatoms. The summed E-state index contributed by atoms with van der Waals surface area (Å²) >= 11 is 0. The molecule has 3 aromatic rings. The zero-order valence-electron chi connectivity index (χ0n) is 25.0. The van der Waals surface area contributed by atoms with Crippen molar-refractivity contribution in [2.24, 2.45) is 0 Å². The average Bonchev–Trinajstić information content (AvgIpc) is 2.99. The SMILES string of the molecule is CCCNc1nc(Nc2ccc(C#N)cc2)ncc1C(=O)Nc1cccc(NC(=O)[C@H](C)N(C)C(=O)C=CCN(C)C)c1. The van der Waals surface area contributed by atoms with Crippen LogP contribution in [0.1, 0.15) is 36.2 Å². The summed E-state index contributed by atoms with van der Waals surface area (Å²) < 4.78 is 0. The van der Waals surface area contributed by atoms with E-state index in [2.05, 4.69) is 37.3 Å². The van der Waals surface area contributed by atoms with E-state index >= 15 is 0 Å². The minimum atomic E-state index is -0.726. The number of carbonyl (C=O) groups is 3. The number of likely N-dealkylation sites (N-methyl/N-ethyl adjacent to an activating group) is 2. The molecule has 224 valence electrons. The van der Waals surface area contributed by atoms with E-state index in [-0.39, 0.29) is 23.3 Å². The van der Waals surface area contributed by atoms with Crippen molar-refractivity contribution in [3.05, 3.63) is 78.0 Å². The van der Waals surface area contributed by atoms with Gasteiger partial charge in [-0.3, -0.25) is 14.4 Å². The van der Waals surface area contributed by atoms with Gasteiger partial charge in [-0.25, -0.2) is 4.98 Å². The Bertz CT molecular complexity index is 1500. The third-order valence-electron chi connectivity index (χ3n) is 6.27. The van der Waals surface area contributed by atoms with Gasteiger partial charge in [0.15, 0.2) is 0 Å². The number of nitrogens with one attached hydrogen (secondary N) is 4. The monoisotopic (exact) mass is 583 g/mol. The van der Waals surface area contributed by atoms with Crippen LogP contribution in [0.5, 0.6) is 0 Å². The Morgan fingerprint density at radius 1 is 1.02 bits per heavy atom. The third-order valence-corrected chi connectivity index (χ3v) is 6.27. The van der Waals surface area contributed by atoms with E-state index in [9.17, 15) is 14.4 Å². The normalized spacial score (nSPS) is 11.5. The first-order valence-electron chi connectivity index (χ1n) is 13.8. The van der Waals surface area contributed by atoms with Crippen molar-refractivity contribution in [2.75, 3.05) is 55.5 Å². The second kappa shape index (κ2) is 15.6. The zero-order valence-corrected chi connectivity index (χ0v) is 25.0. The summed E-state index contributed by atoms with van der Waals surface area (Å²) in [7, 11) is 5.37. The van der Waals surface area contributed by atoms with Crippen LogP contribution >= 0.6 is 0 Å². The van der Waals surface area contributed by atoms with Gasteiger partial charge in [0.1, 0.15) is 17.4 Å². The molecular formula is C31H37N9O3.